The summed E-state index contributed by atoms with van der Waals surface area (Å²) in [6, 6.07) is 3.78. The average Bonchev–Trinajstić information content (AvgIpc) is 3.32. The van der Waals surface area contributed by atoms with Gasteiger partial charge in [-0.3, -0.25) is 14.5 Å². The van der Waals surface area contributed by atoms with Gasteiger partial charge < -0.3 is 14.4 Å². The summed E-state index contributed by atoms with van der Waals surface area (Å²) in [5.74, 6) is 0.700. The molecule has 3 heterocycles. The number of thioether (sulfide) groups is 1. The number of nitrogens with zero attached hydrogens (tertiary/aromatic N) is 2. The molecular weight excluding hydrogens is 408 g/mol. The molecule has 0 bridgehead atoms. The van der Waals surface area contributed by atoms with Gasteiger partial charge in [0.15, 0.2) is 0 Å². The summed E-state index contributed by atoms with van der Waals surface area (Å²) in [4.78, 5) is 29.3. The zero-order chi connectivity index (χ0) is 20.6. The number of likely N-dealkylation sites (tertiary alicyclic amines) is 1. The van der Waals surface area contributed by atoms with Crippen molar-refractivity contribution in [2.45, 2.75) is 44.6 Å². The molecular formula is C21H26N2O4S2. The van der Waals surface area contributed by atoms with Crippen LogP contribution in [0.2, 0.25) is 0 Å². The van der Waals surface area contributed by atoms with E-state index in [0.29, 0.717) is 40.8 Å². The second kappa shape index (κ2) is 10.8. The Morgan fingerprint density at radius 1 is 1.41 bits per heavy atom. The van der Waals surface area contributed by atoms with Gasteiger partial charge in [-0.05, 0) is 56.4 Å². The van der Waals surface area contributed by atoms with Gasteiger partial charge in [0.2, 0.25) is 5.91 Å². The van der Waals surface area contributed by atoms with E-state index in [9.17, 15) is 14.7 Å². The Bertz CT molecular complexity index is 787. The Kier molecular flexibility index (Phi) is 8.09. The first-order chi connectivity index (χ1) is 14.1. The van der Waals surface area contributed by atoms with Gasteiger partial charge in [-0.15, -0.1) is 0 Å². The molecule has 1 N–H and O–H groups in total. The molecule has 2 amide bonds. The zero-order valence-electron chi connectivity index (χ0n) is 16.3. The number of carbonyl (C=O) groups is 2. The van der Waals surface area contributed by atoms with E-state index in [0.717, 1.165) is 25.8 Å². The fourth-order valence-electron chi connectivity index (χ4n) is 3.63. The molecule has 8 heteroatoms. The maximum absolute atomic E-state index is 12.6. The summed E-state index contributed by atoms with van der Waals surface area (Å²) < 4.78 is 5.75. The first-order valence-corrected chi connectivity index (χ1v) is 11.2. The summed E-state index contributed by atoms with van der Waals surface area (Å²) in [7, 11) is 0. The second-order valence-electron chi connectivity index (χ2n) is 7.08. The minimum atomic E-state index is -0.118. The van der Waals surface area contributed by atoms with Crippen LogP contribution in [-0.2, 0) is 9.59 Å². The van der Waals surface area contributed by atoms with Crippen LogP contribution in [0.15, 0.2) is 39.9 Å². The van der Waals surface area contributed by atoms with E-state index in [1.165, 1.54) is 11.8 Å². The SMILES string of the molecule is O=C1C(=CC=Cc2ccco2)SC(=S)N1CCCC(=O)N1CCCCC1CCO. The standard InChI is InChI=1S/C21H26N2O4S2/c24-14-11-16-6-1-2-12-22(16)19(25)10-4-13-23-20(26)18(29-21(23)28)9-3-7-17-8-5-15-27-17/h3,5,7-9,15-16,24H,1-2,4,6,10-14H2. The molecule has 6 nitrogen and oxygen atoms in total. The van der Waals surface area contributed by atoms with Crippen molar-refractivity contribution in [3.05, 3.63) is 41.2 Å². The van der Waals surface area contributed by atoms with Gasteiger partial charge in [-0.1, -0.05) is 30.1 Å². The molecule has 0 aliphatic carbocycles. The molecule has 0 spiro atoms. The molecule has 1 aromatic heterocycles. The second-order valence-corrected chi connectivity index (χ2v) is 8.76. The molecule has 0 aromatic carbocycles. The van der Waals surface area contributed by atoms with Gasteiger partial charge >= 0.3 is 0 Å². The lowest BCUT2D eigenvalue weighted by Gasteiger charge is -2.35. The molecule has 156 valence electrons. The average molecular weight is 435 g/mol. The summed E-state index contributed by atoms with van der Waals surface area (Å²) in [5.41, 5.74) is 0. The first-order valence-electron chi connectivity index (χ1n) is 9.96. The number of aliphatic hydroxyl groups is 1. The molecule has 2 aliphatic heterocycles. The van der Waals surface area contributed by atoms with Crippen LogP contribution in [0, 0.1) is 0 Å². The Morgan fingerprint density at radius 3 is 3.03 bits per heavy atom. The number of hydrogen-bond acceptors (Lipinski definition) is 6. The quantitative estimate of drug-likeness (QED) is 0.498. The number of rotatable bonds is 8. The summed E-state index contributed by atoms with van der Waals surface area (Å²) in [5, 5.41) is 9.22. The monoisotopic (exact) mass is 434 g/mol. The van der Waals surface area contributed by atoms with Gasteiger partial charge in [0.25, 0.3) is 5.91 Å². The van der Waals surface area contributed by atoms with Gasteiger partial charge in [0.1, 0.15) is 10.1 Å². The van der Waals surface area contributed by atoms with Crippen LogP contribution in [-0.4, -0.2) is 56.8 Å². The maximum Gasteiger partial charge on any atom is 0.266 e. The Hall–Kier alpha value is -1.90. The smallest absolute Gasteiger partial charge is 0.266 e. The number of piperidine rings is 1. The number of furan rings is 1. The van der Waals surface area contributed by atoms with Crippen LogP contribution in [0.5, 0.6) is 0 Å². The lowest BCUT2D eigenvalue weighted by Crippen LogP contribution is -2.44. The van der Waals surface area contributed by atoms with Crippen molar-refractivity contribution in [2.24, 2.45) is 0 Å². The zero-order valence-corrected chi connectivity index (χ0v) is 17.9. The summed E-state index contributed by atoms with van der Waals surface area (Å²) >= 11 is 6.62. The first kappa shape index (κ1) is 21.8. The number of hydrogen-bond donors (Lipinski definition) is 1. The largest absolute Gasteiger partial charge is 0.465 e. The topological polar surface area (TPSA) is 74.0 Å². The molecule has 29 heavy (non-hydrogen) atoms. The third-order valence-electron chi connectivity index (χ3n) is 5.11. The molecule has 3 rings (SSSR count). The Morgan fingerprint density at radius 2 is 2.28 bits per heavy atom. The van der Waals surface area contributed by atoms with E-state index in [1.54, 1.807) is 35.5 Å². The van der Waals surface area contributed by atoms with Crippen LogP contribution in [0.3, 0.4) is 0 Å². The minimum absolute atomic E-state index is 0.102. The fourth-order valence-corrected chi connectivity index (χ4v) is 4.89. The number of amides is 2. The van der Waals surface area contributed by atoms with E-state index in [1.807, 2.05) is 11.0 Å². The predicted molar refractivity (Wildman–Crippen MR) is 118 cm³/mol. The van der Waals surface area contributed by atoms with Crippen molar-refractivity contribution in [1.29, 1.82) is 0 Å². The minimum Gasteiger partial charge on any atom is -0.465 e. The molecule has 1 atom stereocenters. The highest BCUT2D eigenvalue weighted by Gasteiger charge is 2.32. The molecule has 2 fully saturated rings. The molecule has 0 radical (unpaired) electrons. The number of thiocarbonyl (C=S) groups is 1. The van der Waals surface area contributed by atoms with Crippen molar-refractivity contribution in [2.75, 3.05) is 19.7 Å². The number of carbonyl (C=O) groups excluding carboxylic acids is 2. The van der Waals surface area contributed by atoms with Crippen LogP contribution >= 0.6 is 24.0 Å². The normalized spacial score (nSPS) is 21.7. The molecule has 2 aliphatic rings. The van der Waals surface area contributed by atoms with E-state index in [-0.39, 0.29) is 24.5 Å². The van der Waals surface area contributed by atoms with Crippen molar-refractivity contribution in [3.63, 3.8) is 0 Å². The maximum atomic E-state index is 12.6. The van der Waals surface area contributed by atoms with Crippen LogP contribution < -0.4 is 0 Å². The highest BCUT2D eigenvalue weighted by atomic mass is 32.2. The van der Waals surface area contributed by atoms with E-state index in [2.05, 4.69) is 0 Å². The predicted octanol–water partition coefficient (Wildman–Crippen LogP) is 3.58. The van der Waals surface area contributed by atoms with Crippen molar-refractivity contribution < 1.29 is 19.1 Å². The lowest BCUT2D eigenvalue weighted by molar-refractivity contribution is -0.135. The van der Waals surface area contributed by atoms with Crippen LogP contribution in [0.1, 0.15) is 44.3 Å². The Labute approximate surface area is 180 Å². The lowest BCUT2D eigenvalue weighted by atomic mass is 9.99. The molecule has 2 saturated heterocycles. The third kappa shape index (κ3) is 5.81. The molecule has 0 saturated carbocycles. The third-order valence-corrected chi connectivity index (χ3v) is 6.50. The highest BCUT2D eigenvalue weighted by Crippen LogP contribution is 2.31. The molecule has 1 aromatic rings. The van der Waals surface area contributed by atoms with Crippen molar-refractivity contribution >= 4 is 46.2 Å². The van der Waals surface area contributed by atoms with E-state index in [4.69, 9.17) is 16.6 Å². The summed E-state index contributed by atoms with van der Waals surface area (Å²) in [6.07, 6.45) is 11.5. The van der Waals surface area contributed by atoms with Crippen LogP contribution in [0.4, 0.5) is 0 Å². The number of aliphatic hydroxyl groups excluding tert-OH is 1. The Balaban J connectivity index is 1.49. The van der Waals surface area contributed by atoms with E-state index >= 15 is 0 Å². The van der Waals surface area contributed by atoms with Crippen molar-refractivity contribution in [1.82, 2.24) is 9.80 Å². The van der Waals surface area contributed by atoms with Gasteiger partial charge in [-0.25, -0.2) is 0 Å². The van der Waals surface area contributed by atoms with Crippen molar-refractivity contribution in [3.8, 4) is 0 Å². The van der Waals surface area contributed by atoms with Gasteiger partial charge in [-0.2, -0.15) is 0 Å². The highest BCUT2D eigenvalue weighted by molar-refractivity contribution is 8.26. The molecule has 1 unspecified atom stereocenters. The van der Waals surface area contributed by atoms with Crippen LogP contribution in [0.25, 0.3) is 6.08 Å². The fraction of sp³-hybridized carbons (Fsp3) is 0.476. The van der Waals surface area contributed by atoms with Gasteiger partial charge in [0.05, 0.1) is 11.2 Å². The van der Waals surface area contributed by atoms with Gasteiger partial charge in [0, 0.05) is 32.2 Å². The summed E-state index contributed by atoms with van der Waals surface area (Å²) in [6.45, 7) is 1.30. The van der Waals surface area contributed by atoms with E-state index < -0.39 is 0 Å². The number of allylic oxidation sites excluding steroid dienone is 2.